The zero-order valence-corrected chi connectivity index (χ0v) is 16.3. The molecule has 150 valence electrons. The van der Waals surface area contributed by atoms with Gasteiger partial charge in [0.15, 0.2) is 5.82 Å². The van der Waals surface area contributed by atoms with Crippen molar-refractivity contribution in [3.05, 3.63) is 83.7 Å². The molecule has 1 aliphatic rings. The molecule has 8 heteroatoms. The lowest BCUT2D eigenvalue weighted by atomic mass is 9.98. The first-order chi connectivity index (χ1) is 14.7. The van der Waals surface area contributed by atoms with Crippen LogP contribution in [0.1, 0.15) is 39.9 Å². The van der Waals surface area contributed by atoms with Crippen molar-refractivity contribution in [2.75, 3.05) is 0 Å². The molecule has 30 heavy (non-hydrogen) atoms. The maximum absolute atomic E-state index is 11.4. The minimum absolute atomic E-state index is 0.203. The molecule has 1 aliphatic heterocycles. The third-order valence-corrected chi connectivity index (χ3v) is 5.47. The van der Waals surface area contributed by atoms with E-state index in [2.05, 4.69) is 22.2 Å². The first-order valence-electron chi connectivity index (χ1n) is 9.93. The number of aryl methyl sites for hydroxylation is 1. The highest BCUT2D eigenvalue weighted by molar-refractivity contribution is 5.93. The quantitative estimate of drug-likeness (QED) is 0.555. The van der Waals surface area contributed by atoms with E-state index in [-0.39, 0.29) is 5.92 Å². The van der Waals surface area contributed by atoms with Crippen molar-refractivity contribution in [1.29, 1.82) is 0 Å². The van der Waals surface area contributed by atoms with Crippen LogP contribution in [0.5, 0.6) is 0 Å². The maximum Gasteiger partial charge on any atom is 0.248 e. The molecule has 5 rings (SSSR count). The Labute approximate surface area is 173 Å². The van der Waals surface area contributed by atoms with Crippen LogP contribution in [-0.2, 0) is 19.5 Å². The minimum Gasteiger partial charge on any atom is -0.366 e. The van der Waals surface area contributed by atoms with Crippen LogP contribution in [0.25, 0.3) is 11.4 Å². The first-order valence-corrected chi connectivity index (χ1v) is 9.93. The number of hydrogen-bond donors (Lipinski definition) is 1. The fourth-order valence-electron chi connectivity index (χ4n) is 3.88. The number of carbonyl (C=O) groups is 1. The predicted molar refractivity (Wildman–Crippen MR) is 111 cm³/mol. The number of hydrogen-bond acceptors (Lipinski definition) is 5. The van der Waals surface area contributed by atoms with Gasteiger partial charge in [0.05, 0.1) is 13.1 Å². The number of benzene rings is 2. The van der Waals surface area contributed by atoms with Crippen molar-refractivity contribution < 1.29 is 4.79 Å². The largest absolute Gasteiger partial charge is 0.366 e. The van der Waals surface area contributed by atoms with E-state index in [1.54, 1.807) is 18.5 Å². The van der Waals surface area contributed by atoms with Crippen LogP contribution in [0.2, 0.25) is 0 Å². The monoisotopic (exact) mass is 399 g/mol. The molecule has 0 aliphatic carbocycles. The molecule has 1 unspecified atom stereocenters. The van der Waals surface area contributed by atoms with E-state index in [1.807, 2.05) is 39.7 Å². The summed E-state index contributed by atoms with van der Waals surface area (Å²) >= 11 is 0. The lowest BCUT2D eigenvalue weighted by Crippen LogP contribution is -2.23. The average molecular weight is 399 g/mol. The fraction of sp³-hybridized carbons (Fsp3) is 0.227. The summed E-state index contributed by atoms with van der Waals surface area (Å²) < 4.78 is 3.94. The Hall–Kier alpha value is -3.81. The van der Waals surface area contributed by atoms with Gasteiger partial charge in [-0.2, -0.15) is 10.2 Å². The number of nitrogens with zero attached hydrogens (tertiary/aromatic N) is 6. The van der Waals surface area contributed by atoms with Gasteiger partial charge in [0.25, 0.3) is 0 Å². The molecule has 0 spiro atoms. The van der Waals surface area contributed by atoms with Gasteiger partial charge in [0, 0.05) is 23.5 Å². The highest BCUT2D eigenvalue weighted by Crippen LogP contribution is 2.29. The van der Waals surface area contributed by atoms with E-state index in [1.165, 1.54) is 0 Å². The lowest BCUT2D eigenvalue weighted by molar-refractivity contribution is 0.100. The van der Waals surface area contributed by atoms with Crippen LogP contribution in [0.4, 0.5) is 0 Å². The Bertz CT molecular complexity index is 1180. The molecular formula is C22H21N7O. The summed E-state index contributed by atoms with van der Waals surface area (Å²) in [5.74, 6) is 2.35. The second-order valence-corrected chi connectivity index (χ2v) is 7.47. The summed E-state index contributed by atoms with van der Waals surface area (Å²) in [6, 6.07) is 17.3. The zero-order valence-electron chi connectivity index (χ0n) is 16.3. The summed E-state index contributed by atoms with van der Waals surface area (Å²) in [4.78, 5) is 20.6. The third-order valence-electron chi connectivity index (χ3n) is 5.47. The SMILES string of the molecule is NC(=O)c1ccc(-c2nc(C3CCc4ncnn4C3)n(Cc3ccccc3)n2)cc1. The van der Waals surface area contributed by atoms with Gasteiger partial charge in [-0.15, -0.1) is 0 Å². The molecule has 4 aromatic rings. The Kier molecular flexibility index (Phi) is 4.59. The molecule has 3 heterocycles. The molecule has 0 radical (unpaired) electrons. The normalized spacial score (nSPS) is 15.7. The van der Waals surface area contributed by atoms with Crippen LogP contribution in [-0.4, -0.2) is 35.4 Å². The smallest absolute Gasteiger partial charge is 0.248 e. The van der Waals surface area contributed by atoms with Gasteiger partial charge in [-0.3, -0.25) is 4.79 Å². The predicted octanol–water partition coefficient (Wildman–Crippen LogP) is 2.41. The second-order valence-electron chi connectivity index (χ2n) is 7.47. The summed E-state index contributed by atoms with van der Waals surface area (Å²) in [6.45, 7) is 1.38. The first kappa shape index (κ1) is 18.2. The Morgan fingerprint density at radius 3 is 2.67 bits per heavy atom. The van der Waals surface area contributed by atoms with Crippen molar-refractivity contribution in [2.45, 2.75) is 31.8 Å². The van der Waals surface area contributed by atoms with E-state index in [0.29, 0.717) is 17.9 Å². The summed E-state index contributed by atoms with van der Waals surface area (Å²) in [5, 5.41) is 9.15. The summed E-state index contributed by atoms with van der Waals surface area (Å²) in [7, 11) is 0. The minimum atomic E-state index is -0.448. The lowest BCUT2D eigenvalue weighted by Gasteiger charge is -2.22. The van der Waals surface area contributed by atoms with Crippen molar-refractivity contribution in [3.63, 3.8) is 0 Å². The van der Waals surface area contributed by atoms with Gasteiger partial charge in [0.2, 0.25) is 5.91 Å². The topological polar surface area (TPSA) is 105 Å². The molecular weight excluding hydrogens is 378 g/mol. The van der Waals surface area contributed by atoms with Crippen molar-refractivity contribution >= 4 is 5.91 Å². The van der Waals surface area contributed by atoms with Crippen LogP contribution < -0.4 is 5.73 Å². The number of aromatic nitrogens is 6. The summed E-state index contributed by atoms with van der Waals surface area (Å²) in [5.41, 5.74) is 7.84. The standard InChI is InChI=1S/C22H21N7O/c23-20(30)16-6-8-17(9-7-16)21-26-22(18-10-11-19-24-14-25-28(19)13-18)29(27-21)12-15-4-2-1-3-5-15/h1-9,14,18H,10-13H2,(H2,23,30). The number of primary amides is 1. The summed E-state index contributed by atoms with van der Waals surface area (Å²) in [6.07, 6.45) is 3.43. The van der Waals surface area contributed by atoms with E-state index >= 15 is 0 Å². The number of carbonyl (C=O) groups excluding carboxylic acids is 1. The fourth-order valence-corrected chi connectivity index (χ4v) is 3.88. The molecule has 2 aromatic heterocycles. The molecule has 1 atom stereocenters. The molecule has 2 N–H and O–H groups in total. The van der Waals surface area contributed by atoms with Gasteiger partial charge >= 0.3 is 0 Å². The Morgan fingerprint density at radius 2 is 1.90 bits per heavy atom. The van der Waals surface area contributed by atoms with E-state index < -0.39 is 5.91 Å². The van der Waals surface area contributed by atoms with Gasteiger partial charge in [-0.05, 0) is 24.1 Å². The van der Waals surface area contributed by atoms with Crippen LogP contribution in [0, 0.1) is 0 Å². The van der Waals surface area contributed by atoms with Crippen LogP contribution in [0.3, 0.4) is 0 Å². The Morgan fingerprint density at radius 1 is 1.10 bits per heavy atom. The Balaban J connectivity index is 1.51. The molecule has 2 aromatic carbocycles. The molecule has 0 saturated carbocycles. The second kappa shape index (κ2) is 7.55. The molecule has 8 nitrogen and oxygen atoms in total. The number of fused-ring (bicyclic) bond motifs is 1. The number of nitrogens with two attached hydrogens (primary N) is 1. The number of amides is 1. The van der Waals surface area contributed by atoms with E-state index in [0.717, 1.165) is 42.2 Å². The molecule has 1 amide bonds. The van der Waals surface area contributed by atoms with Crippen LogP contribution >= 0.6 is 0 Å². The van der Waals surface area contributed by atoms with Crippen molar-refractivity contribution in [3.8, 4) is 11.4 Å². The van der Waals surface area contributed by atoms with Crippen LogP contribution in [0.15, 0.2) is 60.9 Å². The highest BCUT2D eigenvalue weighted by atomic mass is 16.1. The molecule has 0 fully saturated rings. The van der Waals surface area contributed by atoms with Gasteiger partial charge in [0.1, 0.15) is 18.0 Å². The average Bonchev–Trinajstić information content (AvgIpc) is 3.41. The van der Waals surface area contributed by atoms with Gasteiger partial charge in [-0.1, -0.05) is 42.5 Å². The molecule has 0 saturated heterocycles. The number of rotatable bonds is 5. The van der Waals surface area contributed by atoms with Crippen molar-refractivity contribution in [2.24, 2.45) is 5.73 Å². The van der Waals surface area contributed by atoms with Crippen molar-refractivity contribution in [1.82, 2.24) is 29.5 Å². The third kappa shape index (κ3) is 3.47. The van der Waals surface area contributed by atoms with E-state index in [4.69, 9.17) is 15.8 Å². The highest BCUT2D eigenvalue weighted by Gasteiger charge is 2.27. The maximum atomic E-state index is 11.4. The zero-order chi connectivity index (χ0) is 20.5. The van der Waals surface area contributed by atoms with Gasteiger partial charge in [-0.25, -0.2) is 19.3 Å². The molecule has 0 bridgehead atoms. The van der Waals surface area contributed by atoms with Gasteiger partial charge < -0.3 is 5.73 Å². The van der Waals surface area contributed by atoms with E-state index in [9.17, 15) is 4.79 Å².